The van der Waals surface area contributed by atoms with Gasteiger partial charge in [0, 0.05) is 0 Å². The Balaban J connectivity index is 2.92. The zero-order valence-electron chi connectivity index (χ0n) is 7.84. The molecule has 0 spiro atoms. The molecule has 15 heavy (non-hydrogen) atoms. The topological polar surface area (TPSA) is 87.4 Å². The zero-order chi connectivity index (χ0) is 11.3. The Morgan fingerprint density at radius 3 is 2.93 bits per heavy atom. The van der Waals surface area contributed by atoms with Crippen LogP contribution in [0.3, 0.4) is 0 Å². The van der Waals surface area contributed by atoms with Crippen LogP contribution in [0.2, 0.25) is 0 Å². The molecule has 0 bridgehead atoms. The molecule has 1 rings (SSSR count). The first-order chi connectivity index (χ1) is 7.19. The van der Waals surface area contributed by atoms with Gasteiger partial charge in [0.25, 0.3) is 5.88 Å². The summed E-state index contributed by atoms with van der Waals surface area (Å²) in [6.45, 7) is -0.899. The van der Waals surface area contributed by atoms with E-state index in [-0.39, 0.29) is 24.2 Å². The van der Waals surface area contributed by atoms with E-state index in [1.165, 1.54) is 7.11 Å². The van der Waals surface area contributed by atoms with Crippen molar-refractivity contribution in [3.8, 4) is 11.9 Å². The summed E-state index contributed by atoms with van der Waals surface area (Å²) < 4.78 is 21.1. The van der Waals surface area contributed by atoms with Gasteiger partial charge in [0.1, 0.15) is 19.5 Å². The zero-order valence-corrected chi connectivity index (χ0v) is 7.84. The van der Waals surface area contributed by atoms with Crippen molar-refractivity contribution in [2.75, 3.05) is 20.4 Å². The minimum Gasteiger partial charge on any atom is -0.476 e. The van der Waals surface area contributed by atoms with Crippen LogP contribution >= 0.6 is 0 Å². The van der Waals surface area contributed by atoms with Gasteiger partial charge in [0.05, 0.1) is 12.0 Å². The number of halogens is 1. The molecule has 0 N–H and O–H groups in total. The third-order valence-electron chi connectivity index (χ3n) is 1.41. The SMILES string of the molecule is COc1nc(OCCF)ncc1[N+](=O)[O-]. The molecule has 7 nitrogen and oxygen atoms in total. The highest BCUT2D eigenvalue weighted by atomic mass is 19.1. The Bertz CT molecular complexity index is 360. The monoisotopic (exact) mass is 217 g/mol. The van der Waals surface area contributed by atoms with Crippen LogP contribution in [-0.2, 0) is 0 Å². The molecule has 0 fully saturated rings. The van der Waals surface area contributed by atoms with Crippen LogP contribution < -0.4 is 9.47 Å². The van der Waals surface area contributed by atoms with E-state index < -0.39 is 11.6 Å². The van der Waals surface area contributed by atoms with Crippen LogP contribution in [0.1, 0.15) is 0 Å². The van der Waals surface area contributed by atoms with Crippen molar-refractivity contribution in [1.29, 1.82) is 0 Å². The van der Waals surface area contributed by atoms with Crippen molar-refractivity contribution in [3.05, 3.63) is 16.3 Å². The average Bonchev–Trinajstić information content (AvgIpc) is 2.25. The number of rotatable bonds is 5. The van der Waals surface area contributed by atoms with Crippen LogP contribution in [0, 0.1) is 10.1 Å². The van der Waals surface area contributed by atoms with E-state index in [1.807, 2.05) is 0 Å². The van der Waals surface area contributed by atoms with Crippen molar-refractivity contribution in [1.82, 2.24) is 9.97 Å². The second-order valence-corrected chi connectivity index (χ2v) is 2.34. The molecular weight excluding hydrogens is 209 g/mol. The summed E-state index contributed by atoms with van der Waals surface area (Å²) in [5.41, 5.74) is -0.370. The smallest absolute Gasteiger partial charge is 0.349 e. The number of nitrogens with zero attached hydrogens (tertiary/aromatic N) is 3. The van der Waals surface area contributed by atoms with E-state index in [2.05, 4.69) is 14.7 Å². The molecule has 0 amide bonds. The Labute approximate surface area is 84.0 Å². The lowest BCUT2D eigenvalue weighted by molar-refractivity contribution is -0.386. The normalized spacial score (nSPS) is 9.73. The fourth-order valence-corrected chi connectivity index (χ4v) is 0.819. The minimum absolute atomic E-state index is 0.157. The Hall–Kier alpha value is -1.99. The maximum Gasteiger partial charge on any atom is 0.349 e. The number of hydrogen-bond donors (Lipinski definition) is 0. The molecule has 1 aromatic rings. The third-order valence-corrected chi connectivity index (χ3v) is 1.41. The van der Waals surface area contributed by atoms with Crippen molar-refractivity contribution in [3.63, 3.8) is 0 Å². The third kappa shape index (κ3) is 2.73. The van der Waals surface area contributed by atoms with Crippen LogP contribution in [0.5, 0.6) is 11.9 Å². The molecule has 1 heterocycles. The molecule has 0 aliphatic heterocycles. The van der Waals surface area contributed by atoms with E-state index >= 15 is 0 Å². The molecule has 0 unspecified atom stereocenters. The second-order valence-electron chi connectivity index (χ2n) is 2.34. The molecule has 0 saturated carbocycles. The van der Waals surface area contributed by atoms with Crippen LogP contribution in [0.25, 0.3) is 0 Å². The predicted molar refractivity (Wildman–Crippen MR) is 46.7 cm³/mol. The first kappa shape index (κ1) is 11.1. The molecule has 0 aliphatic carbocycles. The summed E-state index contributed by atoms with van der Waals surface area (Å²) in [6.07, 6.45) is 0.944. The quantitative estimate of drug-likeness (QED) is 0.534. The number of alkyl halides is 1. The van der Waals surface area contributed by atoms with Crippen LogP contribution in [0.15, 0.2) is 6.20 Å². The van der Waals surface area contributed by atoms with Gasteiger partial charge < -0.3 is 9.47 Å². The van der Waals surface area contributed by atoms with Gasteiger partial charge in [-0.05, 0) is 0 Å². The van der Waals surface area contributed by atoms with Crippen LogP contribution in [-0.4, -0.2) is 35.3 Å². The summed E-state index contributed by atoms with van der Waals surface area (Å²) in [5, 5.41) is 10.5. The maximum absolute atomic E-state index is 11.7. The predicted octanol–water partition coefficient (Wildman–Crippen LogP) is 0.742. The van der Waals surface area contributed by atoms with Crippen molar-refractivity contribution in [2.45, 2.75) is 0 Å². The Kier molecular flexibility index (Phi) is 3.72. The van der Waals surface area contributed by atoms with Gasteiger partial charge in [-0.1, -0.05) is 0 Å². The van der Waals surface area contributed by atoms with E-state index in [0.29, 0.717) is 0 Å². The van der Waals surface area contributed by atoms with Gasteiger partial charge >= 0.3 is 11.7 Å². The van der Waals surface area contributed by atoms with Gasteiger partial charge in [-0.25, -0.2) is 4.39 Å². The summed E-state index contributed by atoms with van der Waals surface area (Å²) in [5.74, 6) is -0.219. The van der Waals surface area contributed by atoms with Gasteiger partial charge in [-0.15, -0.1) is 0 Å². The Morgan fingerprint density at radius 1 is 1.67 bits per heavy atom. The fraction of sp³-hybridized carbons (Fsp3) is 0.429. The molecule has 0 atom stereocenters. The number of hydrogen-bond acceptors (Lipinski definition) is 6. The van der Waals surface area contributed by atoms with Gasteiger partial charge in [0.15, 0.2) is 0 Å². The fourth-order valence-electron chi connectivity index (χ4n) is 0.819. The molecular formula is C7H8FN3O4. The first-order valence-electron chi connectivity index (χ1n) is 3.93. The molecule has 0 saturated heterocycles. The average molecular weight is 217 g/mol. The largest absolute Gasteiger partial charge is 0.476 e. The highest BCUT2D eigenvalue weighted by Crippen LogP contribution is 2.24. The first-order valence-corrected chi connectivity index (χ1v) is 3.93. The second kappa shape index (κ2) is 5.03. The highest BCUT2D eigenvalue weighted by Gasteiger charge is 2.18. The minimum atomic E-state index is -0.692. The van der Waals surface area contributed by atoms with Gasteiger partial charge in [-0.3, -0.25) is 10.1 Å². The van der Waals surface area contributed by atoms with E-state index in [9.17, 15) is 14.5 Å². The van der Waals surface area contributed by atoms with E-state index in [4.69, 9.17) is 4.74 Å². The molecule has 0 aromatic carbocycles. The lowest BCUT2D eigenvalue weighted by Crippen LogP contribution is -2.05. The number of methoxy groups -OCH3 is 1. The summed E-state index contributed by atoms with van der Waals surface area (Å²) in [4.78, 5) is 16.9. The maximum atomic E-state index is 11.7. The van der Waals surface area contributed by atoms with Gasteiger partial charge in [-0.2, -0.15) is 9.97 Å². The lowest BCUT2D eigenvalue weighted by Gasteiger charge is -2.03. The summed E-state index contributed by atoms with van der Waals surface area (Å²) >= 11 is 0. The summed E-state index contributed by atoms with van der Waals surface area (Å²) in [7, 11) is 1.23. The lowest BCUT2D eigenvalue weighted by atomic mass is 10.5. The molecule has 8 heteroatoms. The van der Waals surface area contributed by atoms with Crippen molar-refractivity contribution < 1.29 is 18.8 Å². The standard InChI is InChI=1S/C7H8FN3O4/c1-14-6-5(11(12)13)4-9-7(10-6)15-3-2-8/h4H,2-3H2,1H3. The molecule has 0 aliphatic rings. The molecule has 0 radical (unpaired) electrons. The van der Waals surface area contributed by atoms with Crippen molar-refractivity contribution >= 4 is 5.69 Å². The Morgan fingerprint density at radius 2 is 2.40 bits per heavy atom. The molecule has 1 aromatic heterocycles. The number of nitro groups is 1. The van der Waals surface area contributed by atoms with Crippen LogP contribution in [0.4, 0.5) is 10.1 Å². The van der Waals surface area contributed by atoms with E-state index in [0.717, 1.165) is 6.20 Å². The summed E-state index contributed by atoms with van der Waals surface area (Å²) in [6, 6.07) is -0.157. The number of aromatic nitrogens is 2. The van der Waals surface area contributed by atoms with Gasteiger partial charge in [0.2, 0.25) is 0 Å². The highest BCUT2D eigenvalue weighted by molar-refractivity contribution is 5.38. The number of ether oxygens (including phenoxy) is 2. The van der Waals surface area contributed by atoms with Crippen molar-refractivity contribution in [2.24, 2.45) is 0 Å². The van der Waals surface area contributed by atoms with E-state index in [1.54, 1.807) is 0 Å². The molecule has 82 valence electrons.